The summed E-state index contributed by atoms with van der Waals surface area (Å²) >= 11 is 0. The molecule has 0 radical (unpaired) electrons. The van der Waals surface area contributed by atoms with Gasteiger partial charge in [-0.15, -0.1) is 0 Å². The van der Waals surface area contributed by atoms with E-state index < -0.39 is 0 Å². The van der Waals surface area contributed by atoms with E-state index in [0.717, 1.165) is 6.42 Å². The molecule has 1 fully saturated rings. The number of piperidine rings is 1. The first-order chi connectivity index (χ1) is 8.19. The molecule has 1 N–H and O–H groups in total. The molecule has 0 aliphatic carbocycles. The summed E-state index contributed by atoms with van der Waals surface area (Å²) < 4.78 is 4.98. The molecule has 0 aromatic carbocycles. The van der Waals surface area contributed by atoms with Crippen molar-refractivity contribution in [1.29, 1.82) is 0 Å². The number of anilines is 1. The molecule has 17 heavy (non-hydrogen) atoms. The van der Waals surface area contributed by atoms with E-state index in [1.54, 1.807) is 24.4 Å². The van der Waals surface area contributed by atoms with Crippen molar-refractivity contribution in [3.63, 3.8) is 0 Å². The normalized spacial score (nSPS) is 20.2. The van der Waals surface area contributed by atoms with E-state index in [4.69, 9.17) is 4.74 Å². The third-order valence-corrected chi connectivity index (χ3v) is 2.82. The van der Waals surface area contributed by atoms with Crippen LogP contribution in [0.3, 0.4) is 0 Å². The van der Waals surface area contributed by atoms with Crippen LogP contribution in [0.4, 0.5) is 5.95 Å². The summed E-state index contributed by atoms with van der Waals surface area (Å²) in [5, 5.41) is 3.21. The Kier molecular flexibility index (Phi) is 3.41. The Labute approximate surface area is 100 Å². The number of rotatable bonds is 3. The SMILES string of the molecule is COc1cnc(NC2CCC(=O)N(C)C2)nc1. The number of likely N-dealkylation sites (N-methyl/N-ethyl adjacent to an activating group) is 1. The van der Waals surface area contributed by atoms with E-state index >= 15 is 0 Å². The van der Waals surface area contributed by atoms with E-state index in [0.29, 0.717) is 24.7 Å². The molecular formula is C11H16N4O2. The monoisotopic (exact) mass is 236 g/mol. The molecule has 6 heteroatoms. The molecule has 1 aromatic heterocycles. The Morgan fingerprint density at radius 1 is 1.47 bits per heavy atom. The third kappa shape index (κ3) is 2.83. The van der Waals surface area contributed by atoms with Gasteiger partial charge in [0.15, 0.2) is 5.75 Å². The van der Waals surface area contributed by atoms with Gasteiger partial charge in [-0.25, -0.2) is 9.97 Å². The van der Waals surface area contributed by atoms with Crippen molar-refractivity contribution in [3.05, 3.63) is 12.4 Å². The predicted molar refractivity (Wildman–Crippen MR) is 62.9 cm³/mol. The minimum Gasteiger partial charge on any atom is -0.494 e. The zero-order valence-corrected chi connectivity index (χ0v) is 10.0. The van der Waals surface area contributed by atoms with Gasteiger partial charge in [0.1, 0.15) is 0 Å². The van der Waals surface area contributed by atoms with Gasteiger partial charge in [-0.05, 0) is 6.42 Å². The summed E-state index contributed by atoms with van der Waals surface area (Å²) in [5.41, 5.74) is 0. The summed E-state index contributed by atoms with van der Waals surface area (Å²) in [6.45, 7) is 0.689. The minimum atomic E-state index is 0.193. The molecule has 6 nitrogen and oxygen atoms in total. The van der Waals surface area contributed by atoms with Crippen LogP contribution < -0.4 is 10.1 Å². The number of carbonyl (C=O) groups excluding carboxylic acids is 1. The second kappa shape index (κ2) is 4.99. The molecule has 1 aliphatic rings. The van der Waals surface area contributed by atoms with Crippen LogP contribution in [-0.4, -0.2) is 47.5 Å². The summed E-state index contributed by atoms with van der Waals surface area (Å²) in [4.78, 5) is 21.3. The van der Waals surface area contributed by atoms with E-state index in [1.165, 1.54) is 0 Å². The lowest BCUT2D eigenvalue weighted by molar-refractivity contribution is -0.132. The van der Waals surface area contributed by atoms with E-state index in [9.17, 15) is 4.79 Å². The molecule has 1 aromatic rings. The third-order valence-electron chi connectivity index (χ3n) is 2.82. The van der Waals surface area contributed by atoms with Gasteiger partial charge >= 0.3 is 0 Å². The van der Waals surface area contributed by atoms with Crippen molar-refractivity contribution in [2.45, 2.75) is 18.9 Å². The van der Waals surface area contributed by atoms with Crippen molar-refractivity contribution < 1.29 is 9.53 Å². The van der Waals surface area contributed by atoms with Crippen molar-refractivity contribution in [1.82, 2.24) is 14.9 Å². The Hall–Kier alpha value is -1.85. The molecule has 0 bridgehead atoms. The van der Waals surface area contributed by atoms with Crippen molar-refractivity contribution in [2.24, 2.45) is 0 Å². The van der Waals surface area contributed by atoms with E-state index in [1.807, 2.05) is 7.05 Å². The van der Waals surface area contributed by atoms with E-state index in [-0.39, 0.29) is 11.9 Å². The molecule has 0 saturated carbocycles. The fourth-order valence-electron chi connectivity index (χ4n) is 1.81. The topological polar surface area (TPSA) is 67.3 Å². The van der Waals surface area contributed by atoms with Gasteiger partial charge in [-0.2, -0.15) is 0 Å². The molecule has 1 atom stereocenters. The van der Waals surface area contributed by atoms with Gasteiger partial charge < -0.3 is 15.0 Å². The fourth-order valence-corrected chi connectivity index (χ4v) is 1.81. The smallest absolute Gasteiger partial charge is 0.223 e. The molecule has 92 valence electrons. The van der Waals surface area contributed by atoms with Crippen LogP contribution in [0, 0.1) is 0 Å². The van der Waals surface area contributed by atoms with Gasteiger partial charge in [-0.1, -0.05) is 0 Å². The Bertz CT molecular complexity index is 393. The Morgan fingerprint density at radius 3 is 2.76 bits per heavy atom. The summed E-state index contributed by atoms with van der Waals surface area (Å²) in [6, 6.07) is 0.214. The number of likely N-dealkylation sites (tertiary alicyclic amines) is 1. The lowest BCUT2D eigenvalue weighted by Crippen LogP contribution is -2.43. The number of carbonyl (C=O) groups is 1. The van der Waals surface area contributed by atoms with Crippen LogP contribution in [0.25, 0.3) is 0 Å². The number of aromatic nitrogens is 2. The van der Waals surface area contributed by atoms with Crippen LogP contribution in [0.1, 0.15) is 12.8 Å². The van der Waals surface area contributed by atoms with Crippen LogP contribution >= 0.6 is 0 Å². The second-order valence-corrected chi connectivity index (χ2v) is 4.10. The molecule has 1 aliphatic heterocycles. The first kappa shape index (κ1) is 11.6. The lowest BCUT2D eigenvalue weighted by Gasteiger charge is -2.30. The maximum atomic E-state index is 11.3. The fraction of sp³-hybridized carbons (Fsp3) is 0.545. The highest BCUT2D eigenvalue weighted by atomic mass is 16.5. The molecule has 2 rings (SSSR count). The van der Waals surface area contributed by atoms with Gasteiger partial charge in [0.2, 0.25) is 11.9 Å². The average molecular weight is 236 g/mol. The maximum Gasteiger partial charge on any atom is 0.223 e. The zero-order valence-electron chi connectivity index (χ0n) is 10.0. The Morgan fingerprint density at radius 2 is 2.18 bits per heavy atom. The highest BCUT2D eigenvalue weighted by Gasteiger charge is 2.22. The first-order valence-electron chi connectivity index (χ1n) is 5.55. The molecule has 2 heterocycles. The number of nitrogens with one attached hydrogen (secondary N) is 1. The molecule has 0 spiro atoms. The number of methoxy groups -OCH3 is 1. The van der Waals surface area contributed by atoms with Gasteiger partial charge in [0.05, 0.1) is 19.5 Å². The number of hydrogen-bond acceptors (Lipinski definition) is 5. The van der Waals surface area contributed by atoms with Gasteiger partial charge in [0.25, 0.3) is 0 Å². The molecule has 1 amide bonds. The quantitative estimate of drug-likeness (QED) is 0.828. The highest BCUT2D eigenvalue weighted by molar-refractivity contribution is 5.76. The average Bonchev–Trinajstić information content (AvgIpc) is 2.35. The van der Waals surface area contributed by atoms with Crippen molar-refractivity contribution >= 4 is 11.9 Å². The largest absolute Gasteiger partial charge is 0.494 e. The summed E-state index contributed by atoms with van der Waals surface area (Å²) in [7, 11) is 3.39. The van der Waals surface area contributed by atoms with Crippen LogP contribution in [-0.2, 0) is 4.79 Å². The van der Waals surface area contributed by atoms with Crippen LogP contribution in [0.5, 0.6) is 5.75 Å². The van der Waals surface area contributed by atoms with Gasteiger partial charge in [0, 0.05) is 26.1 Å². The Balaban J connectivity index is 1.94. The number of hydrogen-bond donors (Lipinski definition) is 1. The molecular weight excluding hydrogens is 220 g/mol. The van der Waals surface area contributed by atoms with Crippen LogP contribution in [0.15, 0.2) is 12.4 Å². The first-order valence-corrected chi connectivity index (χ1v) is 5.55. The second-order valence-electron chi connectivity index (χ2n) is 4.10. The van der Waals surface area contributed by atoms with Crippen molar-refractivity contribution in [3.8, 4) is 5.75 Å². The number of ether oxygens (including phenoxy) is 1. The standard InChI is InChI=1S/C11H16N4O2/c1-15-7-8(3-4-10(15)16)14-11-12-5-9(17-2)6-13-11/h5-6,8H,3-4,7H2,1-2H3,(H,12,13,14). The summed E-state index contributed by atoms with van der Waals surface area (Å²) in [6.07, 6.45) is 4.63. The predicted octanol–water partition coefficient (Wildman–Crippen LogP) is 0.518. The maximum absolute atomic E-state index is 11.3. The van der Waals surface area contributed by atoms with Crippen LogP contribution in [0.2, 0.25) is 0 Å². The highest BCUT2D eigenvalue weighted by Crippen LogP contribution is 2.14. The van der Waals surface area contributed by atoms with E-state index in [2.05, 4.69) is 15.3 Å². The van der Waals surface area contributed by atoms with Gasteiger partial charge in [-0.3, -0.25) is 4.79 Å². The summed E-state index contributed by atoms with van der Waals surface area (Å²) in [5.74, 6) is 1.39. The number of nitrogens with zero attached hydrogens (tertiary/aromatic N) is 3. The number of amides is 1. The molecule has 1 saturated heterocycles. The lowest BCUT2D eigenvalue weighted by atomic mass is 10.1. The van der Waals surface area contributed by atoms with Crippen molar-refractivity contribution in [2.75, 3.05) is 26.0 Å². The zero-order chi connectivity index (χ0) is 12.3. The molecule has 1 unspecified atom stereocenters. The minimum absolute atomic E-state index is 0.193.